The van der Waals surface area contributed by atoms with Crippen LogP contribution in [0, 0.1) is 5.92 Å². The van der Waals surface area contributed by atoms with Crippen molar-refractivity contribution in [2.45, 2.75) is 19.1 Å². The Hall–Kier alpha value is -1.59. The Morgan fingerprint density at radius 1 is 1.20 bits per heavy atom. The molecule has 0 spiro atoms. The van der Waals surface area contributed by atoms with E-state index in [-0.39, 0.29) is 6.29 Å². The molecule has 1 aliphatic rings. The van der Waals surface area contributed by atoms with Gasteiger partial charge in [0.1, 0.15) is 0 Å². The predicted molar refractivity (Wildman–Crippen MR) is 76.1 cm³/mol. The van der Waals surface area contributed by atoms with E-state index >= 15 is 0 Å². The molecule has 1 aromatic rings. The van der Waals surface area contributed by atoms with Crippen LogP contribution in [-0.4, -0.2) is 44.7 Å². The average Bonchev–Trinajstić information content (AvgIpc) is 2.49. The van der Waals surface area contributed by atoms with Gasteiger partial charge in [0.25, 0.3) is 0 Å². The summed E-state index contributed by atoms with van der Waals surface area (Å²) in [5.41, 5.74) is 1.39. The molecule has 0 saturated carbocycles. The maximum Gasteiger partial charge on any atom is 0.335 e. The number of carbonyl (C=O) groups is 1. The first-order valence-electron chi connectivity index (χ1n) is 6.79. The van der Waals surface area contributed by atoms with Crippen molar-refractivity contribution in [3.8, 4) is 0 Å². The topological polar surface area (TPSA) is 59.0 Å². The number of ether oxygens (including phenoxy) is 2. The van der Waals surface area contributed by atoms with Gasteiger partial charge in [-0.2, -0.15) is 0 Å². The highest BCUT2D eigenvalue weighted by molar-refractivity contribution is 5.88. The quantitative estimate of drug-likeness (QED) is 0.837. The molecule has 1 saturated heterocycles. The van der Waals surface area contributed by atoms with Gasteiger partial charge in [0.15, 0.2) is 6.29 Å². The molecule has 0 unspecified atom stereocenters. The second-order valence-corrected chi connectivity index (χ2v) is 5.02. The summed E-state index contributed by atoms with van der Waals surface area (Å²) in [6.07, 6.45) is 1.88. The zero-order chi connectivity index (χ0) is 14.5. The number of piperidine rings is 1. The molecular formula is C15H21NO4. The third kappa shape index (κ3) is 3.29. The van der Waals surface area contributed by atoms with Crippen LogP contribution in [0.15, 0.2) is 24.3 Å². The first-order valence-corrected chi connectivity index (χ1v) is 6.79. The number of carboxylic acids is 1. The minimum atomic E-state index is -0.890. The van der Waals surface area contributed by atoms with Crippen LogP contribution in [0.1, 0.15) is 23.2 Å². The van der Waals surface area contributed by atoms with Gasteiger partial charge in [-0.05, 0) is 37.1 Å². The summed E-state index contributed by atoms with van der Waals surface area (Å²) in [6, 6.07) is 7.04. The van der Waals surface area contributed by atoms with Gasteiger partial charge < -0.3 is 19.5 Å². The predicted octanol–water partition coefficient (Wildman–Crippen LogP) is 2.22. The molecule has 5 nitrogen and oxygen atoms in total. The van der Waals surface area contributed by atoms with Crippen LogP contribution >= 0.6 is 0 Å². The Balaban J connectivity index is 1.95. The fourth-order valence-electron chi connectivity index (χ4n) is 2.73. The zero-order valence-corrected chi connectivity index (χ0v) is 11.9. The molecule has 1 fully saturated rings. The van der Waals surface area contributed by atoms with Crippen LogP contribution in [0.5, 0.6) is 0 Å². The Kier molecular flexibility index (Phi) is 4.98. The molecule has 0 atom stereocenters. The van der Waals surface area contributed by atoms with E-state index < -0.39 is 5.97 Å². The number of carboxylic acid groups (broad SMARTS) is 1. The van der Waals surface area contributed by atoms with Crippen molar-refractivity contribution in [1.29, 1.82) is 0 Å². The monoisotopic (exact) mass is 279 g/mol. The van der Waals surface area contributed by atoms with Crippen molar-refractivity contribution < 1.29 is 19.4 Å². The average molecular weight is 279 g/mol. The number of hydrogen-bond donors (Lipinski definition) is 1. The smallest absolute Gasteiger partial charge is 0.335 e. The van der Waals surface area contributed by atoms with Crippen LogP contribution in [0.4, 0.5) is 5.69 Å². The summed E-state index contributed by atoms with van der Waals surface area (Å²) in [4.78, 5) is 13.1. The molecule has 1 heterocycles. The van der Waals surface area contributed by atoms with Gasteiger partial charge >= 0.3 is 5.97 Å². The fraction of sp³-hybridized carbons (Fsp3) is 0.533. The minimum Gasteiger partial charge on any atom is -0.478 e. The van der Waals surface area contributed by atoms with E-state index in [9.17, 15) is 4.79 Å². The first-order chi connectivity index (χ1) is 9.65. The molecule has 0 amide bonds. The molecule has 5 heteroatoms. The lowest BCUT2D eigenvalue weighted by atomic mass is 9.95. The Morgan fingerprint density at radius 3 is 2.20 bits per heavy atom. The second-order valence-electron chi connectivity index (χ2n) is 5.02. The van der Waals surface area contributed by atoms with Crippen LogP contribution in [-0.2, 0) is 9.47 Å². The highest BCUT2D eigenvalue weighted by Gasteiger charge is 2.26. The molecule has 1 N–H and O–H groups in total. The highest BCUT2D eigenvalue weighted by Crippen LogP contribution is 2.26. The van der Waals surface area contributed by atoms with Gasteiger partial charge in [0.05, 0.1) is 5.56 Å². The number of methoxy groups -OCH3 is 2. The van der Waals surface area contributed by atoms with Crippen molar-refractivity contribution in [2.75, 3.05) is 32.2 Å². The van der Waals surface area contributed by atoms with E-state index in [4.69, 9.17) is 14.6 Å². The fourth-order valence-corrected chi connectivity index (χ4v) is 2.73. The maximum absolute atomic E-state index is 10.8. The van der Waals surface area contributed by atoms with Crippen LogP contribution in [0.25, 0.3) is 0 Å². The summed E-state index contributed by atoms with van der Waals surface area (Å²) in [6.45, 7) is 1.86. The summed E-state index contributed by atoms with van der Waals surface area (Å²) in [5, 5.41) is 8.89. The van der Waals surface area contributed by atoms with E-state index in [1.165, 1.54) is 0 Å². The number of rotatable bonds is 5. The summed E-state index contributed by atoms with van der Waals surface area (Å²) in [5.74, 6) is -0.474. The van der Waals surface area contributed by atoms with Crippen molar-refractivity contribution in [3.63, 3.8) is 0 Å². The summed E-state index contributed by atoms with van der Waals surface area (Å²) in [7, 11) is 3.34. The molecule has 0 aromatic heterocycles. The number of anilines is 1. The lowest BCUT2D eigenvalue weighted by Gasteiger charge is -2.36. The van der Waals surface area contributed by atoms with Gasteiger partial charge in [-0.3, -0.25) is 0 Å². The second kappa shape index (κ2) is 6.72. The van der Waals surface area contributed by atoms with Crippen molar-refractivity contribution >= 4 is 11.7 Å². The van der Waals surface area contributed by atoms with Crippen molar-refractivity contribution in [2.24, 2.45) is 5.92 Å². The van der Waals surface area contributed by atoms with Gasteiger partial charge in [-0.1, -0.05) is 0 Å². The number of nitrogens with zero attached hydrogens (tertiary/aromatic N) is 1. The van der Waals surface area contributed by atoms with Gasteiger partial charge in [-0.25, -0.2) is 4.79 Å². The number of benzene rings is 1. The summed E-state index contributed by atoms with van der Waals surface area (Å²) >= 11 is 0. The summed E-state index contributed by atoms with van der Waals surface area (Å²) < 4.78 is 10.6. The van der Waals surface area contributed by atoms with E-state index in [2.05, 4.69) is 4.90 Å². The normalized spacial score (nSPS) is 16.6. The van der Waals surface area contributed by atoms with Crippen LogP contribution in [0.3, 0.4) is 0 Å². The lowest BCUT2D eigenvalue weighted by molar-refractivity contribution is -0.141. The van der Waals surface area contributed by atoms with E-state index in [1.807, 2.05) is 12.1 Å². The molecule has 1 aliphatic heterocycles. The zero-order valence-electron chi connectivity index (χ0n) is 11.9. The van der Waals surface area contributed by atoms with Crippen LogP contribution in [0.2, 0.25) is 0 Å². The van der Waals surface area contributed by atoms with Gasteiger partial charge in [0.2, 0.25) is 0 Å². The van der Waals surface area contributed by atoms with Crippen molar-refractivity contribution in [3.05, 3.63) is 29.8 Å². The molecule has 0 radical (unpaired) electrons. The standard InChI is InChI=1S/C15H21NO4/c1-19-15(20-2)12-7-9-16(10-8-12)13-5-3-11(4-6-13)14(17)18/h3-6,12,15H,7-10H2,1-2H3,(H,17,18). The van der Waals surface area contributed by atoms with E-state index in [0.717, 1.165) is 31.6 Å². The Bertz CT molecular complexity index is 434. The van der Waals surface area contributed by atoms with Crippen molar-refractivity contribution in [1.82, 2.24) is 0 Å². The highest BCUT2D eigenvalue weighted by atomic mass is 16.7. The number of hydrogen-bond acceptors (Lipinski definition) is 4. The largest absolute Gasteiger partial charge is 0.478 e. The van der Waals surface area contributed by atoms with E-state index in [0.29, 0.717) is 11.5 Å². The van der Waals surface area contributed by atoms with Gasteiger partial charge in [-0.15, -0.1) is 0 Å². The molecule has 1 aromatic carbocycles. The molecule has 0 bridgehead atoms. The molecular weight excluding hydrogens is 258 g/mol. The lowest BCUT2D eigenvalue weighted by Crippen LogP contribution is -2.39. The third-order valence-corrected chi connectivity index (χ3v) is 3.87. The Labute approximate surface area is 119 Å². The minimum absolute atomic E-state index is 0.133. The molecule has 2 rings (SSSR count). The maximum atomic E-state index is 10.8. The molecule has 110 valence electrons. The first kappa shape index (κ1) is 14.8. The third-order valence-electron chi connectivity index (χ3n) is 3.87. The molecule has 0 aliphatic carbocycles. The Morgan fingerprint density at radius 2 is 1.75 bits per heavy atom. The van der Waals surface area contributed by atoms with E-state index in [1.54, 1.807) is 26.4 Å². The SMILES string of the molecule is COC(OC)C1CCN(c2ccc(C(=O)O)cc2)CC1. The van der Waals surface area contributed by atoms with Crippen LogP contribution < -0.4 is 4.90 Å². The van der Waals surface area contributed by atoms with Gasteiger partial charge in [0, 0.05) is 38.9 Å². The number of aromatic carboxylic acids is 1. The molecule has 20 heavy (non-hydrogen) atoms.